The van der Waals surface area contributed by atoms with E-state index in [1.807, 2.05) is 11.7 Å². The lowest BCUT2D eigenvalue weighted by molar-refractivity contribution is -0.0201. The number of morpholine rings is 1. The Bertz CT molecular complexity index is 367. The highest BCUT2D eigenvalue weighted by Gasteiger charge is 2.20. The van der Waals surface area contributed by atoms with Crippen molar-refractivity contribution in [2.24, 2.45) is 7.05 Å². The van der Waals surface area contributed by atoms with Crippen molar-refractivity contribution >= 4 is 11.6 Å². The van der Waals surface area contributed by atoms with Gasteiger partial charge in [-0.05, 0) is 12.5 Å². The molecule has 1 aromatic rings. The molecule has 0 bridgehead atoms. The van der Waals surface area contributed by atoms with Crippen molar-refractivity contribution in [2.75, 3.05) is 25.6 Å². The maximum Gasteiger partial charge on any atom is 0.0837 e. The zero-order valence-electron chi connectivity index (χ0n) is 10.5. The Morgan fingerprint density at radius 1 is 1.59 bits per heavy atom. The summed E-state index contributed by atoms with van der Waals surface area (Å²) in [5.41, 5.74) is 2.42. The van der Waals surface area contributed by atoms with Crippen LogP contribution in [0.3, 0.4) is 0 Å². The Morgan fingerprint density at radius 2 is 2.41 bits per heavy atom. The molecule has 2 rings (SSSR count). The molecule has 96 valence electrons. The van der Waals surface area contributed by atoms with Crippen LogP contribution in [0.5, 0.6) is 0 Å². The number of aryl methyl sites for hydroxylation is 2. The van der Waals surface area contributed by atoms with E-state index < -0.39 is 0 Å². The molecule has 0 radical (unpaired) electrons. The summed E-state index contributed by atoms with van der Waals surface area (Å²) in [6, 6.07) is 2.19. The lowest BCUT2D eigenvalue weighted by atomic mass is 10.2. The van der Waals surface area contributed by atoms with E-state index in [1.54, 1.807) is 0 Å². The molecule has 1 atom stereocenters. The third-order valence-electron chi connectivity index (χ3n) is 3.17. The molecule has 1 unspecified atom stereocenters. The monoisotopic (exact) mass is 257 g/mol. The molecular weight excluding hydrogens is 238 g/mol. The number of aromatic nitrogens is 2. The van der Waals surface area contributed by atoms with Gasteiger partial charge in [0.1, 0.15) is 0 Å². The van der Waals surface area contributed by atoms with Gasteiger partial charge < -0.3 is 4.74 Å². The number of nitrogens with zero attached hydrogens (tertiary/aromatic N) is 3. The van der Waals surface area contributed by atoms with Gasteiger partial charge in [0, 0.05) is 32.6 Å². The normalized spacial score (nSPS) is 21.9. The molecule has 1 saturated heterocycles. The fourth-order valence-electron chi connectivity index (χ4n) is 2.14. The van der Waals surface area contributed by atoms with Crippen LogP contribution in [-0.2, 0) is 24.8 Å². The molecule has 1 aromatic heterocycles. The summed E-state index contributed by atoms with van der Waals surface area (Å²) in [4.78, 5) is 2.38. The minimum absolute atomic E-state index is 0.171. The predicted octanol–water partition coefficient (Wildman–Crippen LogP) is 1.42. The van der Waals surface area contributed by atoms with Gasteiger partial charge in [-0.15, -0.1) is 11.6 Å². The van der Waals surface area contributed by atoms with Crippen molar-refractivity contribution in [3.63, 3.8) is 0 Å². The average Bonchev–Trinajstić information content (AvgIpc) is 2.70. The second-order valence-electron chi connectivity index (χ2n) is 4.49. The van der Waals surface area contributed by atoms with Gasteiger partial charge in [-0.25, -0.2) is 0 Å². The van der Waals surface area contributed by atoms with Crippen molar-refractivity contribution in [2.45, 2.75) is 26.0 Å². The van der Waals surface area contributed by atoms with Crippen LogP contribution in [-0.4, -0.2) is 46.4 Å². The Balaban J connectivity index is 1.97. The van der Waals surface area contributed by atoms with Crippen molar-refractivity contribution in [1.29, 1.82) is 0 Å². The van der Waals surface area contributed by atoms with Crippen LogP contribution in [0.4, 0.5) is 0 Å². The average molecular weight is 258 g/mol. The largest absolute Gasteiger partial charge is 0.374 e. The van der Waals surface area contributed by atoms with Gasteiger partial charge in [0.25, 0.3) is 0 Å². The van der Waals surface area contributed by atoms with Crippen molar-refractivity contribution in [3.8, 4) is 0 Å². The highest BCUT2D eigenvalue weighted by atomic mass is 35.5. The smallest absolute Gasteiger partial charge is 0.0837 e. The summed E-state index contributed by atoms with van der Waals surface area (Å²) >= 11 is 5.84. The maximum absolute atomic E-state index is 5.84. The first-order valence-electron chi connectivity index (χ1n) is 6.14. The van der Waals surface area contributed by atoms with E-state index in [0.29, 0.717) is 5.88 Å². The zero-order chi connectivity index (χ0) is 12.3. The molecule has 0 aliphatic carbocycles. The number of halogens is 1. The van der Waals surface area contributed by atoms with Gasteiger partial charge in [-0.1, -0.05) is 6.92 Å². The number of hydrogen-bond donors (Lipinski definition) is 0. The lowest BCUT2D eigenvalue weighted by Crippen LogP contribution is -2.42. The summed E-state index contributed by atoms with van der Waals surface area (Å²) in [6.45, 7) is 5.72. The molecule has 1 aliphatic heterocycles. The van der Waals surface area contributed by atoms with Crippen molar-refractivity contribution in [1.82, 2.24) is 14.7 Å². The molecular formula is C12H20ClN3O. The van der Waals surface area contributed by atoms with Crippen molar-refractivity contribution < 1.29 is 4.74 Å². The van der Waals surface area contributed by atoms with Crippen LogP contribution in [0.25, 0.3) is 0 Å². The SMILES string of the molecule is CCc1cc(CN2CCOC(CCl)C2)n(C)n1. The topological polar surface area (TPSA) is 30.3 Å². The summed E-state index contributed by atoms with van der Waals surface area (Å²) in [7, 11) is 2.01. The van der Waals surface area contributed by atoms with Crippen LogP contribution in [0.15, 0.2) is 6.07 Å². The fraction of sp³-hybridized carbons (Fsp3) is 0.750. The Hall–Kier alpha value is -0.580. The summed E-state index contributed by atoms with van der Waals surface area (Å²) < 4.78 is 7.53. The van der Waals surface area contributed by atoms with Gasteiger partial charge in [0.15, 0.2) is 0 Å². The Labute approximate surface area is 107 Å². The van der Waals surface area contributed by atoms with Crippen LogP contribution < -0.4 is 0 Å². The first-order valence-corrected chi connectivity index (χ1v) is 6.68. The van der Waals surface area contributed by atoms with Gasteiger partial charge in [0.05, 0.1) is 24.1 Å². The van der Waals surface area contributed by atoms with Gasteiger partial charge in [-0.3, -0.25) is 9.58 Å². The van der Waals surface area contributed by atoms with E-state index in [9.17, 15) is 0 Å². The highest BCUT2D eigenvalue weighted by molar-refractivity contribution is 6.18. The molecule has 2 heterocycles. The molecule has 4 nitrogen and oxygen atoms in total. The third kappa shape index (κ3) is 3.21. The molecule has 1 fully saturated rings. The van der Waals surface area contributed by atoms with Crippen LogP contribution in [0.1, 0.15) is 18.3 Å². The summed E-state index contributed by atoms with van der Waals surface area (Å²) in [5.74, 6) is 0.572. The molecule has 0 amide bonds. The molecule has 17 heavy (non-hydrogen) atoms. The number of hydrogen-bond acceptors (Lipinski definition) is 3. The maximum atomic E-state index is 5.84. The zero-order valence-corrected chi connectivity index (χ0v) is 11.3. The van der Waals surface area contributed by atoms with Gasteiger partial charge in [-0.2, -0.15) is 5.10 Å². The minimum atomic E-state index is 0.171. The predicted molar refractivity (Wildman–Crippen MR) is 68.3 cm³/mol. The first-order chi connectivity index (χ1) is 8.22. The molecule has 0 aromatic carbocycles. The van der Waals surface area contributed by atoms with Crippen molar-refractivity contribution in [3.05, 3.63) is 17.5 Å². The second kappa shape index (κ2) is 5.85. The quantitative estimate of drug-likeness (QED) is 0.765. The molecule has 0 spiro atoms. The summed E-state index contributed by atoms with van der Waals surface area (Å²) in [6.07, 6.45) is 1.16. The van der Waals surface area contributed by atoms with E-state index >= 15 is 0 Å². The van der Waals surface area contributed by atoms with E-state index in [2.05, 4.69) is 23.0 Å². The van der Waals surface area contributed by atoms with E-state index in [4.69, 9.17) is 16.3 Å². The van der Waals surface area contributed by atoms with Gasteiger partial charge >= 0.3 is 0 Å². The molecule has 0 N–H and O–H groups in total. The van der Waals surface area contributed by atoms with E-state index in [-0.39, 0.29) is 6.10 Å². The third-order valence-corrected chi connectivity index (χ3v) is 3.51. The standard InChI is InChI=1S/C12H20ClN3O/c1-3-10-6-11(15(2)14-10)8-16-4-5-17-12(7-13)9-16/h6,12H,3-5,7-9H2,1-2H3. The number of ether oxygens (including phenoxy) is 1. The number of rotatable bonds is 4. The first kappa shape index (κ1) is 12.9. The molecule has 5 heteroatoms. The summed E-state index contributed by atoms with van der Waals surface area (Å²) in [5, 5.41) is 4.47. The van der Waals surface area contributed by atoms with Crippen LogP contribution >= 0.6 is 11.6 Å². The molecule has 0 saturated carbocycles. The Morgan fingerprint density at radius 3 is 3.06 bits per heavy atom. The highest BCUT2D eigenvalue weighted by Crippen LogP contribution is 2.12. The molecule has 1 aliphatic rings. The second-order valence-corrected chi connectivity index (χ2v) is 4.79. The lowest BCUT2D eigenvalue weighted by Gasteiger charge is -2.31. The van der Waals surface area contributed by atoms with E-state index in [1.165, 1.54) is 5.69 Å². The Kier molecular flexibility index (Phi) is 4.42. The van der Waals surface area contributed by atoms with Crippen LogP contribution in [0.2, 0.25) is 0 Å². The van der Waals surface area contributed by atoms with Gasteiger partial charge in [0.2, 0.25) is 0 Å². The van der Waals surface area contributed by atoms with E-state index in [0.717, 1.165) is 38.4 Å². The minimum Gasteiger partial charge on any atom is -0.374 e. The fourth-order valence-corrected chi connectivity index (χ4v) is 2.33. The number of alkyl halides is 1. The van der Waals surface area contributed by atoms with Crippen LogP contribution in [0, 0.1) is 0 Å².